The van der Waals surface area contributed by atoms with Gasteiger partial charge in [0.25, 0.3) is 5.91 Å². The average molecular weight is 444 g/mol. The Bertz CT molecular complexity index is 1100. The van der Waals surface area contributed by atoms with Crippen molar-refractivity contribution in [1.29, 1.82) is 0 Å². The van der Waals surface area contributed by atoms with Crippen LogP contribution in [-0.2, 0) is 9.53 Å². The van der Waals surface area contributed by atoms with Crippen LogP contribution >= 0.6 is 0 Å². The number of amides is 2. The third kappa shape index (κ3) is 5.91. The lowest BCUT2D eigenvalue weighted by Crippen LogP contribution is -2.48. The minimum absolute atomic E-state index is 0.0957. The van der Waals surface area contributed by atoms with E-state index in [2.05, 4.69) is 15.6 Å². The Balaban J connectivity index is 1.32. The number of carbonyl (C=O) groups is 2. The van der Waals surface area contributed by atoms with E-state index in [9.17, 15) is 14.7 Å². The summed E-state index contributed by atoms with van der Waals surface area (Å²) >= 11 is 0. The van der Waals surface area contributed by atoms with Gasteiger partial charge in [0.1, 0.15) is 6.10 Å². The van der Waals surface area contributed by atoms with E-state index in [1.54, 1.807) is 24.3 Å². The normalized spacial score (nSPS) is 19.6. The van der Waals surface area contributed by atoms with Crippen LogP contribution in [0.15, 0.2) is 91.3 Å². The first-order valence-electron chi connectivity index (χ1n) is 10.7. The van der Waals surface area contributed by atoms with Crippen LogP contribution in [0.1, 0.15) is 16.8 Å². The number of nitrogens with one attached hydrogen (secondary N) is 2. The van der Waals surface area contributed by atoms with Crippen LogP contribution in [-0.4, -0.2) is 46.8 Å². The standard InChI is InChI=1S/C26H25N3O4/c30-17-24-23(29-26(32)20-12-14-27-15-13-20)11-10-22(33-24)16-25(31)28-21-8-6-19(7-9-21)18-4-2-1-3-5-18/h1-15,22-24,30H,16-17H2,(H,28,31)(H,29,32)/t22-,23-,24-/m1/s1. The second kappa shape index (κ2) is 10.7. The lowest BCUT2D eigenvalue weighted by Gasteiger charge is -2.31. The molecule has 1 aliphatic heterocycles. The Kier molecular flexibility index (Phi) is 7.24. The summed E-state index contributed by atoms with van der Waals surface area (Å²) in [5, 5.41) is 15.4. The first kappa shape index (κ1) is 22.4. The summed E-state index contributed by atoms with van der Waals surface area (Å²) in [5.41, 5.74) is 3.34. The number of ether oxygens (including phenoxy) is 1. The van der Waals surface area contributed by atoms with Gasteiger partial charge < -0.3 is 20.5 Å². The Labute approximate surface area is 192 Å². The van der Waals surface area contributed by atoms with Gasteiger partial charge in [0.15, 0.2) is 0 Å². The number of aromatic nitrogens is 1. The SMILES string of the molecule is O=C(C[C@H]1C=C[C@@H](NC(=O)c2ccncc2)[C@@H](CO)O1)Nc1ccc(-c2ccccc2)cc1. The van der Waals surface area contributed by atoms with E-state index in [0.717, 1.165) is 11.1 Å². The molecule has 33 heavy (non-hydrogen) atoms. The molecule has 2 aromatic carbocycles. The third-order valence-corrected chi connectivity index (χ3v) is 5.37. The molecule has 0 radical (unpaired) electrons. The molecule has 2 amide bonds. The maximum absolute atomic E-state index is 12.5. The zero-order valence-corrected chi connectivity index (χ0v) is 17.9. The Morgan fingerprint density at radius 2 is 1.61 bits per heavy atom. The molecule has 1 aromatic heterocycles. The van der Waals surface area contributed by atoms with Crippen molar-refractivity contribution < 1.29 is 19.4 Å². The highest BCUT2D eigenvalue weighted by molar-refractivity contribution is 5.94. The second-order valence-corrected chi connectivity index (χ2v) is 7.71. The maximum atomic E-state index is 12.5. The number of aliphatic hydroxyl groups is 1. The first-order valence-corrected chi connectivity index (χ1v) is 10.7. The molecule has 0 bridgehead atoms. The maximum Gasteiger partial charge on any atom is 0.251 e. The van der Waals surface area contributed by atoms with Gasteiger partial charge in [0.2, 0.25) is 5.91 Å². The number of rotatable bonds is 7. The number of pyridine rings is 1. The molecule has 3 atom stereocenters. The van der Waals surface area contributed by atoms with Crippen molar-refractivity contribution in [3.05, 3.63) is 96.8 Å². The topological polar surface area (TPSA) is 101 Å². The summed E-state index contributed by atoms with van der Waals surface area (Å²) in [6.07, 6.45) is 5.52. The molecule has 4 rings (SSSR count). The van der Waals surface area contributed by atoms with Crippen molar-refractivity contribution >= 4 is 17.5 Å². The Morgan fingerprint density at radius 3 is 2.30 bits per heavy atom. The molecule has 7 nitrogen and oxygen atoms in total. The smallest absolute Gasteiger partial charge is 0.251 e. The van der Waals surface area contributed by atoms with Gasteiger partial charge in [-0.25, -0.2) is 0 Å². The van der Waals surface area contributed by atoms with Crippen molar-refractivity contribution in [2.24, 2.45) is 0 Å². The van der Waals surface area contributed by atoms with Gasteiger partial charge in [-0.15, -0.1) is 0 Å². The third-order valence-electron chi connectivity index (χ3n) is 5.37. The summed E-state index contributed by atoms with van der Waals surface area (Å²) < 4.78 is 5.85. The number of benzene rings is 2. The lowest BCUT2D eigenvalue weighted by atomic mass is 10.0. The van der Waals surface area contributed by atoms with E-state index in [4.69, 9.17) is 4.74 Å². The van der Waals surface area contributed by atoms with Gasteiger partial charge in [-0.05, 0) is 35.4 Å². The second-order valence-electron chi connectivity index (χ2n) is 7.71. The molecule has 7 heteroatoms. The molecule has 1 aliphatic rings. The zero-order chi connectivity index (χ0) is 23.0. The minimum atomic E-state index is -0.649. The lowest BCUT2D eigenvalue weighted by molar-refractivity contribution is -0.120. The predicted molar refractivity (Wildman–Crippen MR) is 126 cm³/mol. The summed E-state index contributed by atoms with van der Waals surface area (Å²) in [7, 11) is 0. The van der Waals surface area contributed by atoms with Crippen molar-refractivity contribution in [3.8, 4) is 11.1 Å². The van der Waals surface area contributed by atoms with Crippen LogP contribution in [0, 0.1) is 0 Å². The van der Waals surface area contributed by atoms with Crippen LogP contribution in [0.4, 0.5) is 5.69 Å². The first-order chi connectivity index (χ1) is 16.1. The molecule has 0 spiro atoms. The van der Waals surface area contributed by atoms with Gasteiger partial charge in [-0.2, -0.15) is 0 Å². The molecule has 3 aromatic rings. The van der Waals surface area contributed by atoms with Crippen LogP contribution in [0.3, 0.4) is 0 Å². The van der Waals surface area contributed by atoms with E-state index in [-0.39, 0.29) is 24.8 Å². The fourth-order valence-corrected chi connectivity index (χ4v) is 3.65. The monoisotopic (exact) mass is 443 g/mol. The van der Waals surface area contributed by atoms with Gasteiger partial charge in [0.05, 0.1) is 25.2 Å². The number of carbonyl (C=O) groups excluding carboxylic acids is 2. The summed E-state index contributed by atoms with van der Waals surface area (Å²) in [6, 6.07) is 20.4. The predicted octanol–water partition coefficient (Wildman–Crippen LogP) is 3.19. The molecular formula is C26H25N3O4. The number of aliphatic hydroxyl groups excluding tert-OH is 1. The van der Waals surface area contributed by atoms with Crippen molar-refractivity contribution in [1.82, 2.24) is 10.3 Å². The van der Waals surface area contributed by atoms with E-state index in [1.165, 1.54) is 12.4 Å². The molecule has 168 valence electrons. The van der Waals surface area contributed by atoms with E-state index < -0.39 is 18.2 Å². The summed E-state index contributed by atoms with van der Waals surface area (Å²) in [6.45, 7) is -0.287. The largest absolute Gasteiger partial charge is 0.394 e. The molecule has 0 aliphatic carbocycles. The van der Waals surface area contributed by atoms with Crippen LogP contribution in [0.5, 0.6) is 0 Å². The Hall–Kier alpha value is -3.81. The number of anilines is 1. The van der Waals surface area contributed by atoms with Gasteiger partial charge in [-0.1, -0.05) is 54.6 Å². The molecule has 2 heterocycles. The fourth-order valence-electron chi connectivity index (χ4n) is 3.65. The van der Waals surface area contributed by atoms with Crippen LogP contribution in [0.2, 0.25) is 0 Å². The quantitative estimate of drug-likeness (QED) is 0.487. The molecule has 0 unspecified atom stereocenters. The molecule has 0 saturated heterocycles. The highest BCUT2D eigenvalue weighted by Gasteiger charge is 2.29. The summed E-state index contributed by atoms with van der Waals surface area (Å²) in [4.78, 5) is 28.8. The van der Waals surface area contributed by atoms with E-state index >= 15 is 0 Å². The minimum Gasteiger partial charge on any atom is -0.394 e. The number of hydrogen-bond donors (Lipinski definition) is 3. The highest BCUT2D eigenvalue weighted by Crippen LogP contribution is 2.22. The summed E-state index contributed by atoms with van der Waals surface area (Å²) in [5.74, 6) is -0.489. The van der Waals surface area contributed by atoms with Gasteiger partial charge >= 0.3 is 0 Å². The van der Waals surface area contributed by atoms with Crippen LogP contribution in [0.25, 0.3) is 11.1 Å². The van der Waals surface area contributed by atoms with Crippen molar-refractivity contribution in [2.75, 3.05) is 11.9 Å². The fraction of sp³-hybridized carbons (Fsp3) is 0.192. The zero-order valence-electron chi connectivity index (χ0n) is 17.9. The van der Waals surface area contributed by atoms with E-state index in [0.29, 0.717) is 11.3 Å². The highest BCUT2D eigenvalue weighted by atomic mass is 16.5. The number of hydrogen-bond acceptors (Lipinski definition) is 5. The van der Waals surface area contributed by atoms with Gasteiger partial charge in [-0.3, -0.25) is 14.6 Å². The van der Waals surface area contributed by atoms with Crippen LogP contribution < -0.4 is 10.6 Å². The molecular weight excluding hydrogens is 418 g/mol. The molecule has 0 saturated carbocycles. The van der Waals surface area contributed by atoms with Crippen molar-refractivity contribution in [2.45, 2.75) is 24.7 Å². The van der Waals surface area contributed by atoms with Gasteiger partial charge in [0, 0.05) is 23.6 Å². The Morgan fingerprint density at radius 1 is 0.909 bits per heavy atom. The van der Waals surface area contributed by atoms with E-state index in [1.807, 2.05) is 54.6 Å². The molecule has 3 N–H and O–H groups in total. The average Bonchev–Trinajstić information content (AvgIpc) is 2.86. The van der Waals surface area contributed by atoms with Crippen molar-refractivity contribution in [3.63, 3.8) is 0 Å². The molecule has 0 fully saturated rings. The number of nitrogens with zero attached hydrogens (tertiary/aromatic N) is 1.